The highest BCUT2D eigenvalue weighted by molar-refractivity contribution is 7.89. The lowest BCUT2D eigenvalue weighted by atomic mass is 10.1. The van der Waals surface area contributed by atoms with Gasteiger partial charge < -0.3 is 5.32 Å². The summed E-state index contributed by atoms with van der Waals surface area (Å²) in [6.07, 6.45) is 1.73. The summed E-state index contributed by atoms with van der Waals surface area (Å²) in [4.78, 5) is 12.6. The Balaban J connectivity index is 1.97. The van der Waals surface area contributed by atoms with Crippen molar-refractivity contribution < 1.29 is 13.2 Å². The molecule has 0 fully saturated rings. The minimum Gasteiger partial charge on any atom is -0.350 e. The molecule has 5 nitrogen and oxygen atoms in total. The Morgan fingerprint density at radius 3 is 2.15 bits per heavy atom. The van der Waals surface area contributed by atoms with Gasteiger partial charge in [0.15, 0.2) is 0 Å². The highest BCUT2D eigenvalue weighted by Gasteiger charge is 2.21. The quantitative estimate of drug-likeness (QED) is 0.715. The number of nitrogens with zero attached hydrogens (tertiary/aromatic N) is 1. The number of aryl methyl sites for hydroxylation is 1. The molecule has 0 saturated carbocycles. The van der Waals surface area contributed by atoms with Crippen molar-refractivity contribution in [2.45, 2.75) is 44.6 Å². The van der Waals surface area contributed by atoms with Crippen LogP contribution in [0.3, 0.4) is 0 Å². The monoisotopic (exact) mass is 388 g/mol. The lowest BCUT2D eigenvalue weighted by molar-refractivity contribution is 0.0938. The van der Waals surface area contributed by atoms with Crippen LogP contribution in [0.1, 0.15) is 43.1 Å². The van der Waals surface area contributed by atoms with Gasteiger partial charge in [0.2, 0.25) is 10.0 Å². The van der Waals surface area contributed by atoms with Gasteiger partial charge in [0.1, 0.15) is 0 Å². The second kappa shape index (κ2) is 9.67. The summed E-state index contributed by atoms with van der Waals surface area (Å²) in [6.45, 7) is 6.42. The standard InChI is InChI=1S/C21H28N2O3S/c1-4-23(5-2)27(25,26)20-15-13-19(14-16-20)21(24)22-17(3)11-12-18-9-7-6-8-10-18/h6-10,13-17H,4-5,11-12H2,1-3H3,(H,22,24)/t17-/m0/s1. The van der Waals surface area contributed by atoms with Gasteiger partial charge in [-0.2, -0.15) is 4.31 Å². The average molecular weight is 389 g/mol. The molecule has 0 aliphatic carbocycles. The second-order valence-corrected chi connectivity index (χ2v) is 8.45. The highest BCUT2D eigenvalue weighted by Crippen LogP contribution is 2.16. The van der Waals surface area contributed by atoms with Crippen molar-refractivity contribution >= 4 is 15.9 Å². The number of hydrogen-bond donors (Lipinski definition) is 1. The maximum atomic E-state index is 12.5. The largest absolute Gasteiger partial charge is 0.350 e. The zero-order valence-electron chi connectivity index (χ0n) is 16.2. The van der Waals surface area contributed by atoms with Crippen LogP contribution in [0.15, 0.2) is 59.5 Å². The molecule has 6 heteroatoms. The third kappa shape index (κ3) is 5.65. The molecule has 0 heterocycles. The minimum absolute atomic E-state index is 0.0248. The van der Waals surface area contributed by atoms with E-state index in [1.54, 1.807) is 26.0 Å². The number of carbonyl (C=O) groups excluding carboxylic acids is 1. The number of amides is 1. The lowest BCUT2D eigenvalue weighted by Gasteiger charge is -2.18. The average Bonchev–Trinajstić information content (AvgIpc) is 2.68. The van der Waals surface area contributed by atoms with E-state index in [4.69, 9.17) is 0 Å². The molecule has 2 rings (SSSR count). The van der Waals surface area contributed by atoms with Gasteiger partial charge in [0.25, 0.3) is 5.91 Å². The van der Waals surface area contributed by atoms with Crippen LogP contribution in [0.5, 0.6) is 0 Å². The van der Waals surface area contributed by atoms with Gasteiger partial charge in [-0.25, -0.2) is 8.42 Å². The fourth-order valence-corrected chi connectivity index (χ4v) is 4.36. The van der Waals surface area contributed by atoms with Crippen molar-refractivity contribution in [3.05, 3.63) is 65.7 Å². The molecule has 0 bridgehead atoms. The smallest absolute Gasteiger partial charge is 0.251 e. The lowest BCUT2D eigenvalue weighted by Crippen LogP contribution is -2.33. The summed E-state index contributed by atoms with van der Waals surface area (Å²) < 4.78 is 26.4. The third-order valence-corrected chi connectivity index (χ3v) is 6.61. The van der Waals surface area contributed by atoms with E-state index in [0.29, 0.717) is 18.7 Å². The Kier molecular flexibility index (Phi) is 7.56. The molecule has 146 valence electrons. The molecule has 0 radical (unpaired) electrons. The van der Waals surface area contributed by atoms with Gasteiger partial charge in [0.05, 0.1) is 4.90 Å². The van der Waals surface area contributed by atoms with E-state index in [1.165, 1.54) is 22.0 Å². The molecule has 0 aromatic heterocycles. The molecular weight excluding hydrogens is 360 g/mol. The predicted molar refractivity (Wildman–Crippen MR) is 108 cm³/mol. The van der Waals surface area contributed by atoms with E-state index in [-0.39, 0.29) is 16.8 Å². The molecule has 0 aliphatic heterocycles. The van der Waals surface area contributed by atoms with Crippen LogP contribution >= 0.6 is 0 Å². The Morgan fingerprint density at radius 1 is 1.00 bits per heavy atom. The summed E-state index contributed by atoms with van der Waals surface area (Å²) in [5.74, 6) is -0.192. The molecule has 0 spiro atoms. The Morgan fingerprint density at radius 2 is 1.59 bits per heavy atom. The zero-order chi connectivity index (χ0) is 19.9. The molecule has 1 atom stereocenters. The first-order chi connectivity index (χ1) is 12.9. The first-order valence-electron chi connectivity index (χ1n) is 9.33. The molecule has 27 heavy (non-hydrogen) atoms. The van der Waals surface area contributed by atoms with Gasteiger partial charge in [-0.3, -0.25) is 4.79 Å². The molecule has 2 aromatic carbocycles. The van der Waals surface area contributed by atoms with Crippen LogP contribution in [-0.4, -0.2) is 37.8 Å². The molecule has 2 aromatic rings. The second-order valence-electron chi connectivity index (χ2n) is 6.51. The topological polar surface area (TPSA) is 66.5 Å². The van der Waals surface area contributed by atoms with Crippen molar-refractivity contribution in [1.29, 1.82) is 0 Å². The van der Waals surface area contributed by atoms with Crippen molar-refractivity contribution in [3.63, 3.8) is 0 Å². The van der Waals surface area contributed by atoms with Crippen LogP contribution in [0.25, 0.3) is 0 Å². The highest BCUT2D eigenvalue weighted by atomic mass is 32.2. The molecule has 0 saturated heterocycles. The fraction of sp³-hybridized carbons (Fsp3) is 0.381. The summed E-state index contributed by atoms with van der Waals surface area (Å²) in [5, 5.41) is 2.97. The van der Waals surface area contributed by atoms with E-state index in [0.717, 1.165) is 12.8 Å². The van der Waals surface area contributed by atoms with Gasteiger partial charge in [0, 0.05) is 24.7 Å². The van der Waals surface area contributed by atoms with E-state index in [2.05, 4.69) is 17.4 Å². The molecule has 1 N–H and O–H groups in total. The van der Waals surface area contributed by atoms with Crippen molar-refractivity contribution in [2.24, 2.45) is 0 Å². The Bertz CT molecular complexity index is 829. The molecule has 1 amide bonds. The van der Waals surface area contributed by atoms with E-state index >= 15 is 0 Å². The molecule has 0 unspecified atom stereocenters. The Hall–Kier alpha value is -2.18. The number of sulfonamides is 1. The van der Waals surface area contributed by atoms with Gasteiger partial charge in [-0.05, 0) is 49.6 Å². The zero-order valence-corrected chi connectivity index (χ0v) is 17.0. The van der Waals surface area contributed by atoms with E-state index in [1.807, 2.05) is 25.1 Å². The van der Waals surface area contributed by atoms with Gasteiger partial charge >= 0.3 is 0 Å². The number of hydrogen-bond acceptors (Lipinski definition) is 3. The fourth-order valence-electron chi connectivity index (χ4n) is 2.90. The predicted octanol–water partition coefficient (Wildman–Crippen LogP) is 3.47. The van der Waals surface area contributed by atoms with Crippen molar-refractivity contribution in [2.75, 3.05) is 13.1 Å². The van der Waals surface area contributed by atoms with E-state index in [9.17, 15) is 13.2 Å². The van der Waals surface area contributed by atoms with E-state index < -0.39 is 10.0 Å². The maximum Gasteiger partial charge on any atom is 0.251 e. The van der Waals surface area contributed by atoms with Gasteiger partial charge in [-0.1, -0.05) is 44.2 Å². The summed E-state index contributed by atoms with van der Waals surface area (Å²) in [5.41, 5.74) is 1.70. The number of nitrogens with one attached hydrogen (secondary N) is 1. The number of rotatable bonds is 9. The van der Waals surface area contributed by atoms with Crippen molar-refractivity contribution in [1.82, 2.24) is 9.62 Å². The van der Waals surface area contributed by atoms with Crippen molar-refractivity contribution in [3.8, 4) is 0 Å². The minimum atomic E-state index is -3.50. The SMILES string of the molecule is CCN(CC)S(=O)(=O)c1ccc(C(=O)N[C@@H](C)CCc2ccccc2)cc1. The van der Waals surface area contributed by atoms with Crippen LogP contribution in [0, 0.1) is 0 Å². The summed E-state index contributed by atoms with van der Waals surface area (Å²) >= 11 is 0. The van der Waals surface area contributed by atoms with Crippen LogP contribution in [-0.2, 0) is 16.4 Å². The number of carbonyl (C=O) groups is 1. The van der Waals surface area contributed by atoms with Crippen LogP contribution in [0.2, 0.25) is 0 Å². The normalized spacial score (nSPS) is 12.7. The van der Waals surface area contributed by atoms with Crippen LogP contribution in [0.4, 0.5) is 0 Å². The third-order valence-electron chi connectivity index (χ3n) is 4.55. The van der Waals surface area contributed by atoms with Crippen LogP contribution < -0.4 is 5.32 Å². The summed E-state index contributed by atoms with van der Waals surface area (Å²) in [7, 11) is -3.50. The number of benzene rings is 2. The summed E-state index contributed by atoms with van der Waals surface area (Å²) in [6, 6.07) is 16.3. The molecular formula is C21H28N2O3S. The van der Waals surface area contributed by atoms with Gasteiger partial charge in [-0.15, -0.1) is 0 Å². The first kappa shape index (κ1) is 21.1. The first-order valence-corrected chi connectivity index (χ1v) is 10.8. The Labute approximate surface area is 162 Å². The molecule has 0 aliphatic rings. The maximum absolute atomic E-state index is 12.5.